The number of rotatable bonds is 7. The largest absolute Gasteiger partial charge is 0.396 e. The molecule has 7 nitrogen and oxygen atoms in total. The van der Waals surface area contributed by atoms with Crippen molar-refractivity contribution in [1.29, 1.82) is 0 Å². The molecule has 3 aromatic rings. The Kier molecular flexibility index (Phi) is 7.21. The van der Waals surface area contributed by atoms with Gasteiger partial charge in [0.1, 0.15) is 24.4 Å². The number of aliphatic hydroxyl groups is 5. The minimum atomic E-state index is -1.43. The van der Waals surface area contributed by atoms with Crippen LogP contribution in [0.1, 0.15) is 23.8 Å². The number of benzene rings is 2. The van der Waals surface area contributed by atoms with Crippen molar-refractivity contribution in [3.05, 3.63) is 59.8 Å². The predicted molar refractivity (Wildman–Crippen MR) is 122 cm³/mol. The van der Waals surface area contributed by atoms with E-state index in [0.717, 1.165) is 39.1 Å². The van der Waals surface area contributed by atoms with E-state index in [9.17, 15) is 20.4 Å². The van der Waals surface area contributed by atoms with E-state index in [0.29, 0.717) is 0 Å². The number of ether oxygens (including phenoxy) is 1. The average molecular weight is 460 g/mol. The highest BCUT2D eigenvalue weighted by Crippen LogP contribution is 2.39. The number of fused-ring (bicyclic) bond motifs is 1. The lowest BCUT2D eigenvalue weighted by atomic mass is 9.98. The standard InChI is InChI=1S/C24H29NO6S/c1-14-4-9-17-18(11-14)25(24-23(30)22(29)21(28)19(13-27)31-24)12-20(17)32-16-7-5-15(6-8-16)3-2-10-26/h4-9,11-12,19,21-24,26-30H,2-3,10,13H2,1H3/t19-,21-,22+,23-,24-/m1/s1. The Balaban J connectivity index is 1.68. The Morgan fingerprint density at radius 2 is 1.72 bits per heavy atom. The van der Waals surface area contributed by atoms with Crippen molar-refractivity contribution >= 4 is 22.7 Å². The molecular weight excluding hydrogens is 430 g/mol. The van der Waals surface area contributed by atoms with Crippen LogP contribution in [0.5, 0.6) is 0 Å². The third kappa shape index (κ3) is 4.58. The number of aryl methyl sites for hydroxylation is 2. The fraction of sp³-hybridized carbons (Fsp3) is 0.417. The minimum Gasteiger partial charge on any atom is -0.396 e. The van der Waals surface area contributed by atoms with Crippen LogP contribution in [0.3, 0.4) is 0 Å². The molecule has 5 N–H and O–H groups in total. The maximum atomic E-state index is 10.6. The molecule has 1 aliphatic rings. The molecule has 8 heteroatoms. The van der Waals surface area contributed by atoms with Gasteiger partial charge in [-0.3, -0.25) is 0 Å². The highest BCUT2D eigenvalue weighted by Gasteiger charge is 2.44. The Labute approximate surface area is 190 Å². The van der Waals surface area contributed by atoms with Gasteiger partial charge in [0.2, 0.25) is 0 Å². The van der Waals surface area contributed by atoms with Gasteiger partial charge in [-0.25, -0.2) is 0 Å². The number of hydrogen-bond donors (Lipinski definition) is 5. The maximum absolute atomic E-state index is 10.6. The summed E-state index contributed by atoms with van der Waals surface area (Å²) in [6.45, 7) is 1.68. The van der Waals surface area contributed by atoms with Gasteiger partial charge in [0.15, 0.2) is 6.23 Å². The van der Waals surface area contributed by atoms with E-state index in [2.05, 4.69) is 12.1 Å². The Morgan fingerprint density at radius 1 is 0.969 bits per heavy atom. The second kappa shape index (κ2) is 9.93. The molecule has 1 saturated heterocycles. The van der Waals surface area contributed by atoms with E-state index in [1.165, 1.54) is 5.56 Å². The molecule has 2 heterocycles. The molecule has 0 bridgehead atoms. The van der Waals surface area contributed by atoms with E-state index in [4.69, 9.17) is 9.84 Å². The molecule has 172 valence electrons. The first kappa shape index (κ1) is 23.3. The summed E-state index contributed by atoms with van der Waals surface area (Å²) in [5, 5.41) is 50.6. The maximum Gasteiger partial charge on any atom is 0.163 e. The van der Waals surface area contributed by atoms with E-state index < -0.39 is 37.3 Å². The molecule has 1 fully saturated rings. The molecule has 2 aromatic carbocycles. The van der Waals surface area contributed by atoms with Gasteiger partial charge in [-0.15, -0.1) is 0 Å². The normalized spacial score (nSPS) is 26.0. The van der Waals surface area contributed by atoms with Gasteiger partial charge in [0.05, 0.1) is 12.1 Å². The zero-order chi connectivity index (χ0) is 22.8. The van der Waals surface area contributed by atoms with Crippen LogP contribution in [0.4, 0.5) is 0 Å². The molecule has 0 aliphatic carbocycles. The summed E-state index contributed by atoms with van der Waals surface area (Å²) in [6.07, 6.45) is -2.67. The smallest absolute Gasteiger partial charge is 0.163 e. The fourth-order valence-electron chi connectivity index (χ4n) is 4.07. The summed E-state index contributed by atoms with van der Waals surface area (Å²) in [5.41, 5.74) is 3.03. The van der Waals surface area contributed by atoms with Crippen LogP contribution in [0.2, 0.25) is 0 Å². The first-order valence-electron chi connectivity index (χ1n) is 10.7. The molecule has 5 atom stereocenters. The summed E-state index contributed by atoms with van der Waals surface area (Å²) in [5.74, 6) is 0. The molecule has 4 rings (SSSR count). The molecule has 0 amide bonds. The second-order valence-corrected chi connectivity index (χ2v) is 9.33. The molecular formula is C24H29NO6S. The van der Waals surface area contributed by atoms with Crippen LogP contribution in [0.15, 0.2) is 58.5 Å². The van der Waals surface area contributed by atoms with Gasteiger partial charge in [0.25, 0.3) is 0 Å². The Morgan fingerprint density at radius 3 is 2.41 bits per heavy atom. The lowest BCUT2D eigenvalue weighted by molar-refractivity contribution is -0.250. The van der Waals surface area contributed by atoms with Crippen molar-refractivity contribution in [1.82, 2.24) is 4.57 Å². The van der Waals surface area contributed by atoms with Crippen molar-refractivity contribution in [2.45, 2.75) is 60.2 Å². The number of aliphatic hydroxyl groups excluding tert-OH is 5. The van der Waals surface area contributed by atoms with Crippen LogP contribution in [0.25, 0.3) is 10.9 Å². The van der Waals surface area contributed by atoms with Gasteiger partial charge >= 0.3 is 0 Å². The monoisotopic (exact) mass is 459 g/mol. The summed E-state index contributed by atoms with van der Waals surface area (Å²) in [6, 6.07) is 14.2. The second-order valence-electron chi connectivity index (χ2n) is 8.21. The van der Waals surface area contributed by atoms with Crippen molar-refractivity contribution in [3.63, 3.8) is 0 Å². The summed E-state index contributed by atoms with van der Waals surface area (Å²) in [7, 11) is 0. The zero-order valence-electron chi connectivity index (χ0n) is 17.8. The topological polar surface area (TPSA) is 115 Å². The Bertz CT molecular complexity index is 1050. The summed E-state index contributed by atoms with van der Waals surface area (Å²) in [4.78, 5) is 2.01. The van der Waals surface area contributed by atoms with Crippen LogP contribution in [0, 0.1) is 6.92 Å². The number of hydrogen-bond acceptors (Lipinski definition) is 7. The summed E-state index contributed by atoms with van der Waals surface area (Å²) >= 11 is 1.58. The molecule has 0 spiro atoms. The SMILES string of the molecule is Cc1ccc2c(Sc3ccc(CCCO)cc3)cn([C@@H]3O[C@H](CO)[C@@H](O)[C@H](O)[C@H]3O)c2c1. The van der Waals surface area contributed by atoms with E-state index >= 15 is 0 Å². The molecule has 1 aromatic heterocycles. The van der Waals surface area contributed by atoms with E-state index in [-0.39, 0.29) is 6.61 Å². The van der Waals surface area contributed by atoms with Crippen molar-refractivity contribution in [2.24, 2.45) is 0 Å². The molecule has 1 aliphatic heterocycles. The zero-order valence-corrected chi connectivity index (χ0v) is 18.7. The summed E-state index contributed by atoms with van der Waals surface area (Å²) < 4.78 is 7.57. The Hall–Kier alpha value is -1.91. The van der Waals surface area contributed by atoms with Gasteiger partial charge < -0.3 is 34.8 Å². The third-order valence-corrected chi connectivity index (χ3v) is 6.92. The van der Waals surface area contributed by atoms with Gasteiger partial charge in [-0.2, -0.15) is 0 Å². The van der Waals surface area contributed by atoms with Crippen LogP contribution < -0.4 is 0 Å². The molecule has 0 radical (unpaired) electrons. The number of nitrogens with zero attached hydrogens (tertiary/aromatic N) is 1. The fourth-order valence-corrected chi connectivity index (χ4v) is 5.04. The average Bonchev–Trinajstić information content (AvgIpc) is 3.14. The van der Waals surface area contributed by atoms with Crippen molar-refractivity contribution < 1.29 is 30.3 Å². The van der Waals surface area contributed by atoms with Crippen LogP contribution in [-0.2, 0) is 11.2 Å². The van der Waals surface area contributed by atoms with Crippen molar-refractivity contribution in [3.8, 4) is 0 Å². The first-order valence-corrected chi connectivity index (χ1v) is 11.5. The predicted octanol–water partition coefficient (Wildman–Crippen LogP) is 2.00. The van der Waals surface area contributed by atoms with E-state index in [1.807, 2.05) is 43.5 Å². The minimum absolute atomic E-state index is 0.174. The molecule has 32 heavy (non-hydrogen) atoms. The highest BCUT2D eigenvalue weighted by molar-refractivity contribution is 7.99. The molecule has 0 unspecified atom stereocenters. The first-order chi connectivity index (χ1) is 15.4. The quantitative estimate of drug-likeness (QED) is 0.367. The van der Waals surface area contributed by atoms with Crippen LogP contribution in [-0.4, -0.2) is 67.7 Å². The third-order valence-electron chi connectivity index (χ3n) is 5.87. The number of aromatic nitrogens is 1. The van der Waals surface area contributed by atoms with E-state index in [1.54, 1.807) is 16.3 Å². The lowest BCUT2D eigenvalue weighted by Crippen LogP contribution is -2.56. The van der Waals surface area contributed by atoms with Crippen LogP contribution >= 0.6 is 11.8 Å². The lowest BCUT2D eigenvalue weighted by Gasteiger charge is -2.40. The van der Waals surface area contributed by atoms with Gasteiger partial charge in [-0.1, -0.05) is 36.0 Å². The molecule has 0 saturated carbocycles. The van der Waals surface area contributed by atoms with Crippen molar-refractivity contribution in [2.75, 3.05) is 13.2 Å². The highest BCUT2D eigenvalue weighted by atomic mass is 32.2. The van der Waals surface area contributed by atoms with Gasteiger partial charge in [-0.05, 0) is 49.1 Å². The van der Waals surface area contributed by atoms with Gasteiger partial charge in [0, 0.05) is 28.0 Å².